The topological polar surface area (TPSA) is 38.3 Å². The van der Waals surface area contributed by atoms with E-state index in [1.807, 2.05) is 0 Å². The molecule has 1 N–H and O–H groups in total. The molecule has 0 radical (unpaired) electrons. The molecule has 0 amide bonds. The van der Waals surface area contributed by atoms with E-state index >= 15 is 0 Å². The maximum atomic E-state index is 13.6. The predicted molar refractivity (Wildman–Crippen MR) is 69.9 cm³/mol. The molecule has 1 aliphatic carbocycles. The zero-order valence-electron chi connectivity index (χ0n) is 11.0. The van der Waals surface area contributed by atoms with Gasteiger partial charge in [-0.1, -0.05) is 0 Å². The molecule has 3 nitrogen and oxygen atoms in total. The van der Waals surface area contributed by atoms with E-state index in [4.69, 9.17) is 4.74 Å². The summed E-state index contributed by atoms with van der Waals surface area (Å²) in [4.78, 5) is 12.4. The largest absolute Gasteiger partial charge is 0.494 e. The van der Waals surface area contributed by atoms with Crippen LogP contribution in [0.2, 0.25) is 0 Å². The van der Waals surface area contributed by atoms with Crippen LogP contribution in [0.15, 0.2) is 18.2 Å². The summed E-state index contributed by atoms with van der Waals surface area (Å²) in [7, 11) is 1.42. The van der Waals surface area contributed by atoms with Crippen molar-refractivity contribution in [3.05, 3.63) is 29.6 Å². The molecule has 1 aromatic carbocycles. The van der Waals surface area contributed by atoms with Gasteiger partial charge in [0.05, 0.1) is 7.11 Å². The van der Waals surface area contributed by atoms with E-state index in [9.17, 15) is 9.18 Å². The number of nitrogens with one attached hydrogen (secondary N) is 1. The third kappa shape index (κ3) is 2.14. The molecule has 102 valence electrons. The normalized spacial score (nSPS) is 24.2. The van der Waals surface area contributed by atoms with Crippen LogP contribution in [0.25, 0.3) is 0 Å². The van der Waals surface area contributed by atoms with Crippen molar-refractivity contribution in [3.8, 4) is 5.75 Å². The van der Waals surface area contributed by atoms with Crippen LogP contribution in [-0.4, -0.2) is 26.0 Å². The van der Waals surface area contributed by atoms with Crippen molar-refractivity contribution in [3.63, 3.8) is 0 Å². The number of piperidine rings is 1. The van der Waals surface area contributed by atoms with E-state index in [0.29, 0.717) is 5.56 Å². The fourth-order valence-corrected chi connectivity index (χ4v) is 3.22. The van der Waals surface area contributed by atoms with Crippen molar-refractivity contribution in [1.82, 2.24) is 5.32 Å². The summed E-state index contributed by atoms with van der Waals surface area (Å²) in [6, 6.07) is 4.49. The van der Waals surface area contributed by atoms with Crippen LogP contribution < -0.4 is 10.1 Å². The van der Waals surface area contributed by atoms with Crippen molar-refractivity contribution >= 4 is 5.78 Å². The van der Waals surface area contributed by atoms with Gasteiger partial charge in [0, 0.05) is 11.5 Å². The van der Waals surface area contributed by atoms with Gasteiger partial charge in [0.1, 0.15) is 0 Å². The second kappa shape index (κ2) is 4.60. The Morgan fingerprint density at radius 3 is 2.79 bits per heavy atom. The summed E-state index contributed by atoms with van der Waals surface area (Å²) in [5, 5.41) is 3.32. The maximum absolute atomic E-state index is 13.6. The molecule has 19 heavy (non-hydrogen) atoms. The van der Waals surface area contributed by atoms with Gasteiger partial charge in [-0.2, -0.15) is 0 Å². The average Bonchev–Trinajstić information content (AvgIpc) is 3.12. The molecule has 1 aromatic rings. The maximum Gasteiger partial charge on any atom is 0.166 e. The molecule has 1 saturated carbocycles. The highest BCUT2D eigenvalue weighted by atomic mass is 19.1. The van der Waals surface area contributed by atoms with E-state index < -0.39 is 5.82 Å². The Kier molecular flexibility index (Phi) is 3.05. The Bertz CT molecular complexity index is 509. The van der Waals surface area contributed by atoms with Gasteiger partial charge in [0.15, 0.2) is 17.3 Å². The second-order valence-electron chi connectivity index (χ2n) is 5.58. The fourth-order valence-electron chi connectivity index (χ4n) is 3.22. The SMILES string of the molecule is COc1ccc(C(=O)C2CC23CCNCC3)cc1F. The van der Waals surface area contributed by atoms with Gasteiger partial charge in [-0.3, -0.25) is 4.79 Å². The van der Waals surface area contributed by atoms with Crippen LogP contribution in [0, 0.1) is 17.2 Å². The molecular formula is C15H18FNO2. The first-order valence-electron chi connectivity index (χ1n) is 6.75. The Morgan fingerprint density at radius 1 is 1.42 bits per heavy atom. The predicted octanol–water partition coefficient (Wildman–Crippen LogP) is 2.41. The van der Waals surface area contributed by atoms with Crippen LogP contribution in [0.3, 0.4) is 0 Å². The molecule has 3 rings (SSSR count). The van der Waals surface area contributed by atoms with Crippen LogP contribution in [0.1, 0.15) is 29.6 Å². The average molecular weight is 263 g/mol. The molecular weight excluding hydrogens is 245 g/mol. The van der Waals surface area contributed by atoms with Crippen molar-refractivity contribution in [2.45, 2.75) is 19.3 Å². The van der Waals surface area contributed by atoms with Gasteiger partial charge < -0.3 is 10.1 Å². The number of halogens is 1. The van der Waals surface area contributed by atoms with Gasteiger partial charge in [0.25, 0.3) is 0 Å². The standard InChI is InChI=1S/C15H18FNO2/c1-19-13-3-2-10(8-12(13)16)14(18)11-9-15(11)4-6-17-7-5-15/h2-3,8,11,17H,4-7,9H2,1H3. The van der Waals surface area contributed by atoms with E-state index in [1.54, 1.807) is 6.07 Å². The lowest BCUT2D eigenvalue weighted by atomic mass is 9.89. The van der Waals surface area contributed by atoms with E-state index in [1.165, 1.54) is 19.2 Å². The first kappa shape index (κ1) is 12.6. The number of Topliss-reactive ketones (excluding diaryl/α,β-unsaturated/α-hetero) is 1. The minimum Gasteiger partial charge on any atom is -0.494 e. The number of ketones is 1. The number of ether oxygens (including phenoxy) is 1. The Hall–Kier alpha value is -1.42. The molecule has 1 saturated heterocycles. The highest BCUT2D eigenvalue weighted by Crippen LogP contribution is 2.59. The highest BCUT2D eigenvalue weighted by Gasteiger charge is 2.57. The van der Waals surface area contributed by atoms with Gasteiger partial charge in [-0.15, -0.1) is 0 Å². The van der Waals surface area contributed by atoms with Crippen LogP contribution in [0.4, 0.5) is 4.39 Å². The number of rotatable bonds is 3. The smallest absolute Gasteiger partial charge is 0.166 e. The lowest BCUT2D eigenvalue weighted by Gasteiger charge is -2.23. The minimum absolute atomic E-state index is 0.0856. The van der Waals surface area contributed by atoms with E-state index in [2.05, 4.69) is 5.32 Å². The number of benzene rings is 1. The quantitative estimate of drug-likeness (QED) is 0.851. The number of carbonyl (C=O) groups excluding carboxylic acids is 1. The minimum atomic E-state index is -0.464. The summed E-state index contributed by atoms with van der Waals surface area (Å²) in [6.07, 6.45) is 3.07. The van der Waals surface area contributed by atoms with Crippen molar-refractivity contribution in [2.24, 2.45) is 11.3 Å². The number of hydrogen-bond donors (Lipinski definition) is 1. The molecule has 2 fully saturated rings. The number of carbonyl (C=O) groups is 1. The summed E-state index contributed by atoms with van der Waals surface area (Å²) in [5.41, 5.74) is 0.664. The monoisotopic (exact) mass is 263 g/mol. The third-order valence-corrected chi connectivity index (χ3v) is 4.54. The zero-order valence-corrected chi connectivity index (χ0v) is 11.0. The fraction of sp³-hybridized carbons (Fsp3) is 0.533. The lowest BCUT2D eigenvalue weighted by Crippen LogP contribution is -2.30. The second-order valence-corrected chi connectivity index (χ2v) is 5.58. The summed E-state index contributed by atoms with van der Waals surface area (Å²) >= 11 is 0. The van der Waals surface area contributed by atoms with Crippen LogP contribution >= 0.6 is 0 Å². The van der Waals surface area contributed by atoms with Gasteiger partial charge in [-0.25, -0.2) is 4.39 Å². The van der Waals surface area contributed by atoms with Crippen LogP contribution in [-0.2, 0) is 0 Å². The van der Waals surface area contributed by atoms with E-state index in [-0.39, 0.29) is 22.9 Å². The van der Waals surface area contributed by atoms with Crippen molar-refractivity contribution in [2.75, 3.05) is 20.2 Å². The van der Waals surface area contributed by atoms with E-state index in [0.717, 1.165) is 32.4 Å². The molecule has 0 bridgehead atoms. The first-order chi connectivity index (χ1) is 9.16. The molecule has 1 spiro atoms. The Labute approximate surface area is 112 Å². The third-order valence-electron chi connectivity index (χ3n) is 4.54. The van der Waals surface area contributed by atoms with Crippen molar-refractivity contribution in [1.29, 1.82) is 0 Å². The Morgan fingerprint density at radius 2 is 2.16 bits per heavy atom. The van der Waals surface area contributed by atoms with Crippen molar-refractivity contribution < 1.29 is 13.9 Å². The molecule has 1 unspecified atom stereocenters. The number of hydrogen-bond acceptors (Lipinski definition) is 3. The highest BCUT2D eigenvalue weighted by molar-refractivity contribution is 6.00. The molecule has 1 heterocycles. The lowest BCUT2D eigenvalue weighted by molar-refractivity contribution is 0.0940. The van der Waals surface area contributed by atoms with Gasteiger partial charge >= 0.3 is 0 Å². The summed E-state index contributed by atoms with van der Waals surface area (Å²) in [6.45, 7) is 1.97. The van der Waals surface area contributed by atoms with Gasteiger partial charge in [0.2, 0.25) is 0 Å². The molecule has 0 aromatic heterocycles. The Balaban J connectivity index is 1.76. The first-order valence-corrected chi connectivity index (χ1v) is 6.75. The summed E-state index contributed by atoms with van der Waals surface area (Å²) < 4.78 is 18.5. The van der Waals surface area contributed by atoms with Crippen LogP contribution in [0.5, 0.6) is 5.75 Å². The zero-order chi connectivity index (χ0) is 13.5. The molecule has 4 heteroatoms. The molecule has 1 atom stereocenters. The van der Waals surface area contributed by atoms with Gasteiger partial charge in [-0.05, 0) is 56.0 Å². The summed E-state index contributed by atoms with van der Waals surface area (Å²) in [5.74, 6) is -0.108. The molecule has 2 aliphatic rings. The number of methoxy groups -OCH3 is 1. The molecule has 1 aliphatic heterocycles.